The summed E-state index contributed by atoms with van der Waals surface area (Å²) in [6.45, 7) is 1.47. The molecule has 4 N–H and O–H groups in total. The van der Waals surface area contributed by atoms with Crippen LogP contribution >= 0.6 is 11.3 Å². The van der Waals surface area contributed by atoms with Gasteiger partial charge in [0.2, 0.25) is 0 Å². The molecule has 2 aromatic rings. The third-order valence-electron chi connectivity index (χ3n) is 2.52. The van der Waals surface area contributed by atoms with E-state index in [-0.39, 0.29) is 12.6 Å². The molecular formula is C12H16N2OS. The second-order valence-electron chi connectivity index (χ2n) is 3.83. The number of nitrogens with one attached hydrogen (secondary N) is 1. The highest BCUT2D eigenvalue weighted by Gasteiger charge is 2.04. The van der Waals surface area contributed by atoms with Crippen LogP contribution in [-0.2, 0) is 6.54 Å². The van der Waals surface area contributed by atoms with Crippen molar-refractivity contribution in [3.8, 4) is 0 Å². The Hall–Kier alpha value is -0.940. The van der Waals surface area contributed by atoms with E-state index in [1.807, 2.05) is 0 Å². The number of nitrogens with two attached hydrogens (primary N) is 1. The molecule has 0 aliphatic carbocycles. The van der Waals surface area contributed by atoms with Crippen LogP contribution in [0.15, 0.2) is 29.6 Å². The number of fused-ring (bicyclic) bond motifs is 1. The van der Waals surface area contributed by atoms with Crippen LogP contribution in [0.2, 0.25) is 0 Å². The number of hydrogen-bond acceptors (Lipinski definition) is 4. The van der Waals surface area contributed by atoms with Crippen molar-refractivity contribution in [2.45, 2.75) is 12.6 Å². The van der Waals surface area contributed by atoms with E-state index in [2.05, 4.69) is 35.0 Å². The smallest absolute Gasteiger partial charge is 0.0594 e. The lowest BCUT2D eigenvalue weighted by Gasteiger charge is -2.08. The fraction of sp³-hybridized carbons (Fsp3) is 0.333. The summed E-state index contributed by atoms with van der Waals surface area (Å²) in [6, 6.07) is 8.19. The quantitative estimate of drug-likeness (QED) is 0.733. The van der Waals surface area contributed by atoms with Crippen molar-refractivity contribution in [1.29, 1.82) is 0 Å². The molecule has 1 heterocycles. The average molecular weight is 236 g/mol. The van der Waals surface area contributed by atoms with Gasteiger partial charge in [-0.2, -0.15) is 0 Å². The molecule has 4 heteroatoms. The molecule has 0 amide bonds. The Balaban J connectivity index is 1.99. The molecule has 0 saturated heterocycles. The summed E-state index contributed by atoms with van der Waals surface area (Å²) >= 11 is 1.76. The Morgan fingerprint density at radius 1 is 1.38 bits per heavy atom. The Kier molecular flexibility index (Phi) is 3.90. The van der Waals surface area contributed by atoms with E-state index in [1.54, 1.807) is 11.3 Å². The number of rotatable bonds is 5. The zero-order valence-corrected chi connectivity index (χ0v) is 9.83. The largest absolute Gasteiger partial charge is 0.395 e. The molecule has 2 rings (SSSR count). The van der Waals surface area contributed by atoms with Crippen molar-refractivity contribution < 1.29 is 5.11 Å². The van der Waals surface area contributed by atoms with E-state index in [0.717, 1.165) is 6.54 Å². The molecule has 0 aliphatic heterocycles. The molecule has 0 radical (unpaired) electrons. The van der Waals surface area contributed by atoms with E-state index in [9.17, 15) is 0 Å². The summed E-state index contributed by atoms with van der Waals surface area (Å²) in [6.07, 6.45) is 0. The van der Waals surface area contributed by atoms with Gasteiger partial charge in [0.15, 0.2) is 0 Å². The number of hydrogen-bond donors (Lipinski definition) is 3. The third-order valence-corrected chi connectivity index (χ3v) is 3.53. The van der Waals surface area contributed by atoms with Crippen LogP contribution < -0.4 is 11.1 Å². The van der Waals surface area contributed by atoms with Crippen LogP contribution in [0.3, 0.4) is 0 Å². The number of thiophene rings is 1. The maximum absolute atomic E-state index is 8.80. The number of benzene rings is 1. The van der Waals surface area contributed by atoms with Crippen LogP contribution in [0.25, 0.3) is 10.1 Å². The Labute approximate surface area is 98.9 Å². The van der Waals surface area contributed by atoms with Gasteiger partial charge >= 0.3 is 0 Å². The molecule has 0 bridgehead atoms. The van der Waals surface area contributed by atoms with Crippen molar-refractivity contribution >= 4 is 21.4 Å². The summed E-state index contributed by atoms with van der Waals surface area (Å²) in [5.41, 5.74) is 6.91. The summed E-state index contributed by atoms with van der Waals surface area (Å²) < 4.78 is 1.31. The number of aliphatic hydroxyl groups excluding tert-OH is 1. The minimum absolute atomic E-state index is 0.0252. The van der Waals surface area contributed by atoms with Crippen LogP contribution in [0.4, 0.5) is 0 Å². The predicted molar refractivity (Wildman–Crippen MR) is 68.6 cm³/mol. The van der Waals surface area contributed by atoms with E-state index < -0.39 is 0 Å². The Morgan fingerprint density at radius 3 is 3.00 bits per heavy atom. The first kappa shape index (κ1) is 11.5. The average Bonchev–Trinajstić information content (AvgIpc) is 2.73. The molecule has 3 nitrogen and oxygen atoms in total. The van der Waals surface area contributed by atoms with E-state index in [4.69, 9.17) is 10.8 Å². The second-order valence-corrected chi connectivity index (χ2v) is 4.74. The monoisotopic (exact) mass is 236 g/mol. The van der Waals surface area contributed by atoms with Crippen LogP contribution in [0.1, 0.15) is 5.56 Å². The molecular weight excluding hydrogens is 220 g/mol. The highest BCUT2D eigenvalue weighted by atomic mass is 32.1. The lowest BCUT2D eigenvalue weighted by molar-refractivity contribution is 0.262. The van der Waals surface area contributed by atoms with Crippen LogP contribution in [0.5, 0.6) is 0 Å². The second kappa shape index (κ2) is 5.41. The van der Waals surface area contributed by atoms with Crippen molar-refractivity contribution in [3.63, 3.8) is 0 Å². The fourth-order valence-electron chi connectivity index (χ4n) is 1.63. The molecule has 0 aliphatic rings. The highest BCUT2D eigenvalue weighted by molar-refractivity contribution is 7.17. The molecule has 1 unspecified atom stereocenters. The van der Waals surface area contributed by atoms with E-state index >= 15 is 0 Å². The maximum Gasteiger partial charge on any atom is 0.0594 e. The molecule has 0 fully saturated rings. The first-order chi connectivity index (χ1) is 7.81. The van der Waals surface area contributed by atoms with Crippen molar-refractivity contribution in [2.75, 3.05) is 13.2 Å². The van der Waals surface area contributed by atoms with Gasteiger partial charge < -0.3 is 16.2 Å². The van der Waals surface area contributed by atoms with Gasteiger partial charge in [-0.15, -0.1) is 11.3 Å². The predicted octanol–water partition coefficient (Wildman–Crippen LogP) is 1.31. The van der Waals surface area contributed by atoms with Gasteiger partial charge in [0.05, 0.1) is 6.61 Å². The van der Waals surface area contributed by atoms with Crippen molar-refractivity contribution in [3.05, 3.63) is 35.2 Å². The van der Waals surface area contributed by atoms with Gasteiger partial charge in [-0.25, -0.2) is 0 Å². The van der Waals surface area contributed by atoms with E-state index in [1.165, 1.54) is 15.6 Å². The molecule has 0 saturated carbocycles. The molecule has 0 spiro atoms. The van der Waals surface area contributed by atoms with Gasteiger partial charge in [0.1, 0.15) is 0 Å². The van der Waals surface area contributed by atoms with Crippen molar-refractivity contribution in [1.82, 2.24) is 5.32 Å². The zero-order valence-electron chi connectivity index (χ0n) is 9.02. The molecule has 1 aromatic heterocycles. The Morgan fingerprint density at radius 2 is 2.19 bits per heavy atom. The minimum atomic E-state index is -0.176. The number of aliphatic hydroxyl groups is 1. The van der Waals surface area contributed by atoms with Gasteiger partial charge in [0.25, 0.3) is 0 Å². The topological polar surface area (TPSA) is 58.3 Å². The summed E-state index contributed by atoms with van der Waals surface area (Å²) in [5, 5.41) is 15.5. The molecule has 1 aromatic carbocycles. The van der Waals surface area contributed by atoms with Crippen molar-refractivity contribution in [2.24, 2.45) is 5.73 Å². The minimum Gasteiger partial charge on any atom is -0.395 e. The lowest BCUT2D eigenvalue weighted by Crippen LogP contribution is -2.36. The summed E-state index contributed by atoms with van der Waals surface area (Å²) in [7, 11) is 0. The first-order valence-electron chi connectivity index (χ1n) is 5.33. The standard InChI is InChI=1S/C12H16N2OS/c13-10(7-15)6-14-5-9-8-16-12-4-2-1-3-11(9)12/h1-4,8,10,14-15H,5-7,13H2. The van der Waals surface area contributed by atoms with Gasteiger partial charge in [-0.1, -0.05) is 18.2 Å². The normalized spacial score (nSPS) is 13.1. The summed E-state index contributed by atoms with van der Waals surface area (Å²) in [4.78, 5) is 0. The van der Waals surface area contributed by atoms with E-state index in [0.29, 0.717) is 6.54 Å². The van der Waals surface area contributed by atoms with Gasteiger partial charge in [0, 0.05) is 23.8 Å². The molecule has 86 valence electrons. The maximum atomic E-state index is 8.80. The van der Waals surface area contributed by atoms with Gasteiger partial charge in [-0.3, -0.25) is 0 Å². The molecule has 16 heavy (non-hydrogen) atoms. The van der Waals surface area contributed by atoms with Crippen LogP contribution in [-0.4, -0.2) is 24.3 Å². The first-order valence-corrected chi connectivity index (χ1v) is 6.21. The fourth-order valence-corrected chi connectivity index (χ4v) is 2.59. The Bertz CT molecular complexity index is 455. The molecule has 1 atom stereocenters. The lowest BCUT2D eigenvalue weighted by atomic mass is 10.2. The highest BCUT2D eigenvalue weighted by Crippen LogP contribution is 2.25. The van der Waals surface area contributed by atoms with Gasteiger partial charge in [-0.05, 0) is 22.4 Å². The third kappa shape index (κ3) is 2.59. The summed E-state index contributed by atoms with van der Waals surface area (Å²) in [5.74, 6) is 0. The SMILES string of the molecule is NC(CO)CNCc1csc2ccccc12. The van der Waals surface area contributed by atoms with Crippen LogP contribution in [0, 0.1) is 0 Å². The zero-order chi connectivity index (χ0) is 11.4.